The second-order valence-electron chi connectivity index (χ2n) is 6.99. The molecule has 0 aromatic carbocycles. The van der Waals surface area contributed by atoms with E-state index in [1.807, 2.05) is 0 Å². The van der Waals surface area contributed by atoms with Gasteiger partial charge in [0.15, 0.2) is 0 Å². The summed E-state index contributed by atoms with van der Waals surface area (Å²) in [5, 5.41) is 0. The number of hydrogen-bond acceptors (Lipinski definition) is 3. The van der Waals surface area contributed by atoms with Crippen LogP contribution < -0.4 is 5.73 Å². The van der Waals surface area contributed by atoms with Crippen molar-refractivity contribution in [3.63, 3.8) is 0 Å². The van der Waals surface area contributed by atoms with E-state index in [2.05, 4.69) is 44.7 Å². The van der Waals surface area contributed by atoms with Crippen molar-refractivity contribution in [2.45, 2.75) is 46.1 Å². The van der Waals surface area contributed by atoms with Crippen LogP contribution in [0.3, 0.4) is 0 Å². The van der Waals surface area contributed by atoms with E-state index in [0.717, 1.165) is 18.4 Å². The Balaban J connectivity index is 2.51. The maximum atomic E-state index is 6.42. The number of hydrogen-bond donors (Lipinski definition) is 1. The Kier molecular flexibility index (Phi) is 7.33. The summed E-state index contributed by atoms with van der Waals surface area (Å²) in [6, 6.07) is 0.400. The van der Waals surface area contributed by atoms with Gasteiger partial charge in [-0.1, -0.05) is 20.8 Å². The van der Waals surface area contributed by atoms with Gasteiger partial charge in [-0.05, 0) is 57.7 Å². The summed E-state index contributed by atoms with van der Waals surface area (Å²) in [4.78, 5) is 4.89. The summed E-state index contributed by atoms with van der Waals surface area (Å²) in [7, 11) is 4.31. The average molecular weight is 269 g/mol. The molecule has 0 aliphatic heterocycles. The van der Waals surface area contributed by atoms with Gasteiger partial charge in [-0.3, -0.25) is 0 Å². The van der Waals surface area contributed by atoms with Crippen LogP contribution in [0.2, 0.25) is 0 Å². The molecular formula is C16H35N3. The van der Waals surface area contributed by atoms with E-state index in [-0.39, 0.29) is 0 Å². The zero-order valence-corrected chi connectivity index (χ0v) is 13.7. The summed E-state index contributed by atoms with van der Waals surface area (Å²) in [5.41, 5.74) is 6.42. The quantitative estimate of drug-likeness (QED) is 0.769. The Morgan fingerprint density at radius 2 is 1.74 bits per heavy atom. The minimum atomic E-state index is 0.400. The van der Waals surface area contributed by atoms with Gasteiger partial charge < -0.3 is 15.5 Å². The predicted molar refractivity (Wildman–Crippen MR) is 84.3 cm³/mol. The van der Waals surface area contributed by atoms with Crippen molar-refractivity contribution in [3.8, 4) is 0 Å². The minimum Gasteiger partial charge on any atom is -0.327 e. The molecule has 1 fully saturated rings. The predicted octanol–water partition coefficient (Wildman–Crippen LogP) is 2.27. The Morgan fingerprint density at radius 1 is 1.05 bits per heavy atom. The number of likely N-dealkylation sites (N-methyl/N-ethyl adjacent to an activating group) is 1. The lowest BCUT2D eigenvalue weighted by atomic mass is 9.72. The third-order valence-electron chi connectivity index (χ3n) is 4.60. The lowest BCUT2D eigenvalue weighted by molar-refractivity contribution is 0.113. The Bertz CT molecular complexity index is 230. The summed E-state index contributed by atoms with van der Waals surface area (Å²) < 4.78 is 0. The molecule has 1 aliphatic rings. The van der Waals surface area contributed by atoms with Crippen LogP contribution >= 0.6 is 0 Å². The SMILES string of the molecule is CCCN(CCN(C)C)CC1C(C)CC(C)CC1N. The summed E-state index contributed by atoms with van der Waals surface area (Å²) in [6.45, 7) is 11.7. The molecule has 4 unspecified atom stereocenters. The molecule has 0 bridgehead atoms. The number of nitrogens with two attached hydrogens (primary N) is 1. The molecule has 0 amide bonds. The van der Waals surface area contributed by atoms with Crippen LogP contribution in [0.25, 0.3) is 0 Å². The normalized spacial score (nSPS) is 32.2. The first-order chi connectivity index (χ1) is 8.93. The molecule has 0 heterocycles. The van der Waals surface area contributed by atoms with Gasteiger partial charge in [-0.2, -0.15) is 0 Å². The van der Waals surface area contributed by atoms with Crippen LogP contribution in [-0.2, 0) is 0 Å². The molecule has 0 radical (unpaired) electrons. The first kappa shape index (κ1) is 16.9. The molecule has 3 heteroatoms. The fraction of sp³-hybridized carbons (Fsp3) is 1.00. The van der Waals surface area contributed by atoms with E-state index in [1.165, 1.54) is 38.9 Å². The third kappa shape index (κ3) is 5.80. The molecule has 1 aliphatic carbocycles. The largest absolute Gasteiger partial charge is 0.327 e. The minimum absolute atomic E-state index is 0.400. The van der Waals surface area contributed by atoms with Gasteiger partial charge in [0, 0.05) is 25.7 Å². The molecule has 0 aromatic heterocycles. The van der Waals surface area contributed by atoms with Crippen molar-refractivity contribution in [1.29, 1.82) is 0 Å². The highest BCUT2D eigenvalue weighted by Gasteiger charge is 2.32. The fourth-order valence-corrected chi connectivity index (χ4v) is 3.53. The Hall–Kier alpha value is -0.120. The van der Waals surface area contributed by atoms with E-state index >= 15 is 0 Å². The third-order valence-corrected chi connectivity index (χ3v) is 4.60. The lowest BCUT2D eigenvalue weighted by Crippen LogP contribution is -2.47. The summed E-state index contributed by atoms with van der Waals surface area (Å²) in [5.74, 6) is 2.27. The van der Waals surface area contributed by atoms with Crippen LogP contribution in [0, 0.1) is 17.8 Å². The van der Waals surface area contributed by atoms with Gasteiger partial charge >= 0.3 is 0 Å². The highest BCUT2D eigenvalue weighted by atomic mass is 15.2. The molecule has 1 saturated carbocycles. The van der Waals surface area contributed by atoms with Gasteiger partial charge in [-0.15, -0.1) is 0 Å². The molecule has 2 N–H and O–H groups in total. The van der Waals surface area contributed by atoms with Gasteiger partial charge in [0.2, 0.25) is 0 Å². The van der Waals surface area contributed by atoms with Crippen molar-refractivity contribution in [3.05, 3.63) is 0 Å². The number of nitrogens with zero attached hydrogens (tertiary/aromatic N) is 2. The van der Waals surface area contributed by atoms with Gasteiger partial charge in [0.1, 0.15) is 0 Å². The van der Waals surface area contributed by atoms with E-state index in [4.69, 9.17) is 5.73 Å². The second-order valence-corrected chi connectivity index (χ2v) is 6.99. The van der Waals surface area contributed by atoms with E-state index in [9.17, 15) is 0 Å². The standard InChI is InChI=1S/C16H35N3/c1-6-7-19(9-8-18(4)5)12-15-14(3)10-13(2)11-16(15)17/h13-16H,6-12,17H2,1-5H3. The smallest absolute Gasteiger partial charge is 0.0109 e. The van der Waals surface area contributed by atoms with Crippen molar-refractivity contribution in [1.82, 2.24) is 9.80 Å². The Labute approximate surface area is 120 Å². The van der Waals surface area contributed by atoms with Crippen molar-refractivity contribution < 1.29 is 0 Å². The average Bonchev–Trinajstić information content (AvgIpc) is 2.30. The monoisotopic (exact) mass is 269 g/mol. The summed E-state index contributed by atoms with van der Waals surface area (Å²) in [6.07, 6.45) is 3.80. The lowest BCUT2D eigenvalue weighted by Gasteiger charge is -2.40. The first-order valence-electron chi connectivity index (χ1n) is 8.06. The number of rotatable bonds is 7. The molecular weight excluding hydrogens is 234 g/mol. The zero-order chi connectivity index (χ0) is 14.4. The van der Waals surface area contributed by atoms with E-state index in [0.29, 0.717) is 12.0 Å². The van der Waals surface area contributed by atoms with Gasteiger partial charge in [0.25, 0.3) is 0 Å². The van der Waals surface area contributed by atoms with Crippen molar-refractivity contribution in [2.24, 2.45) is 23.5 Å². The molecule has 0 aromatic rings. The zero-order valence-electron chi connectivity index (χ0n) is 13.7. The maximum Gasteiger partial charge on any atom is 0.0109 e. The van der Waals surface area contributed by atoms with Gasteiger partial charge in [0.05, 0.1) is 0 Å². The van der Waals surface area contributed by atoms with Crippen LogP contribution in [0.4, 0.5) is 0 Å². The molecule has 0 saturated heterocycles. The van der Waals surface area contributed by atoms with Crippen LogP contribution in [-0.4, -0.2) is 56.1 Å². The Morgan fingerprint density at radius 3 is 2.26 bits per heavy atom. The maximum absolute atomic E-state index is 6.42. The molecule has 0 spiro atoms. The topological polar surface area (TPSA) is 32.5 Å². The van der Waals surface area contributed by atoms with E-state index in [1.54, 1.807) is 0 Å². The van der Waals surface area contributed by atoms with E-state index < -0.39 is 0 Å². The van der Waals surface area contributed by atoms with Crippen molar-refractivity contribution >= 4 is 0 Å². The van der Waals surface area contributed by atoms with Crippen LogP contribution in [0.5, 0.6) is 0 Å². The highest BCUT2D eigenvalue weighted by molar-refractivity contribution is 4.87. The molecule has 1 rings (SSSR count). The van der Waals surface area contributed by atoms with Gasteiger partial charge in [-0.25, -0.2) is 0 Å². The second kappa shape index (κ2) is 8.23. The first-order valence-corrected chi connectivity index (χ1v) is 8.06. The molecule has 114 valence electrons. The van der Waals surface area contributed by atoms with Crippen molar-refractivity contribution in [2.75, 3.05) is 40.3 Å². The molecule has 19 heavy (non-hydrogen) atoms. The van der Waals surface area contributed by atoms with Crippen LogP contribution in [0.15, 0.2) is 0 Å². The molecule has 4 atom stereocenters. The van der Waals surface area contributed by atoms with Crippen LogP contribution in [0.1, 0.15) is 40.0 Å². The highest BCUT2D eigenvalue weighted by Crippen LogP contribution is 2.33. The summed E-state index contributed by atoms with van der Waals surface area (Å²) >= 11 is 0. The molecule has 3 nitrogen and oxygen atoms in total. The fourth-order valence-electron chi connectivity index (χ4n) is 3.53.